The van der Waals surface area contributed by atoms with Crippen molar-refractivity contribution in [3.8, 4) is 63.1 Å². The van der Waals surface area contributed by atoms with E-state index in [0.717, 1.165) is 30.3 Å². The van der Waals surface area contributed by atoms with E-state index in [1.54, 1.807) is 0 Å². The van der Waals surface area contributed by atoms with Crippen LogP contribution in [0.25, 0.3) is 22.3 Å². The van der Waals surface area contributed by atoms with Gasteiger partial charge in [-0.15, -0.1) is 0 Å². The van der Waals surface area contributed by atoms with Gasteiger partial charge in [0.2, 0.25) is 18.3 Å². The van der Waals surface area contributed by atoms with E-state index in [9.17, 15) is 76.6 Å². The lowest BCUT2D eigenvalue weighted by molar-refractivity contribution is -0.277. The van der Waals surface area contributed by atoms with E-state index in [1.165, 1.54) is 36.4 Å². The van der Waals surface area contributed by atoms with Crippen LogP contribution in [0.1, 0.15) is 28.7 Å². The molecule has 21 heteroatoms. The second-order valence-electron chi connectivity index (χ2n) is 15.3. The predicted molar refractivity (Wildman–Crippen MR) is 209 cm³/mol. The third-order valence-electron chi connectivity index (χ3n) is 11.3. The second kappa shape index (κ2) is 17.0. The number of ether oxygens (including phenoxy) is 5. The van der Waals surface area contributed by atoms with E-state index in [0.29, 0.717) is 0 Å². The van der Waals surface area contributed by atoms with Crippen LogP contribution < -0.4 is 14.2 Å². The van der Waals surface area contributed by atoms with Gasteiger partial charge < -0.3 is 100 Å². The Morgan fingerprint density at radius 2 is 1.11 bits per heavy atom. The van der Waals surface area contributed by atoms with Gasteiger partial charge in [-0.1, -0.05) is 6.07 Å². The molecule has 3 aliphatic rings. The minimum Gasteiger partial charge on any atom is -0.508 e. The molecule has 4 heterocycles. The molecule has 4 aromatic carbocycles. The van der Waals surface area contributed by atoms with Crippen molar-refractivity contribution < 1.29 is 105 Å². The summed E-state index contributed by atoms with van der Waals surface area (Å²) in [7, 11) is 0. The molecule has 0 radical (unpaired) electrons. The molecule has 2 fully saturated rings. The summed E-state index contributed by atoms with van der Waals surface area (Å²) in [6.45, 7) is -1.65. The van der Waals surface area contributed by atoms with Gasteiger partial charge in [0.15, 0.2) is 17.6 Å². The zero-order chi connectivity index (χ0) is 45.2. The first-order valence-electron chi connectivity index (χ1n) is 19.3. The fraction of sp³-hybridized carbons (Fsp3) is 0.357. The summed E-state index contributed by atoms with van der Waals surface area (Å²) in [6.07, 6.45) is -21.1. The summed E-state index contributed by atoms with van der Waals surface area (Å²) in [5, 5.41) is 160. The average Bonchev–Trinajstić information content (AvgIpc) is 3.25. The van der Waals surface area contributed by atoms with Gasteiger partial charge in [0, 0.05) is 29.8 Å². The minimum absolute atomic E-state index is 0.0829. The molecular formula is C42H43O21+. The molecule has 8 rings (SSSR count). The largest absolute Gasteiger partial charge is 0.508 e. The summed E-state index contributed by atoms with van der Waals surface area (Å²) in [5.41, 5.74) is -0.661. The van der Waals surface area contributed by atoms with E-state index in [4.69, 9.17) is 28.1 Å². The van der Waals surface area contributed by atoms with E-state index >= 15 is 0 Å². The predicted octanol–water partition coefficient (Wildman–Crippen LogP) is -0.402. The molecule has 63 heavy (non-hydrogen) atoms. The fourth-order valence-corrected chi connectivity index (χ4v) is 7.99. The molecule has 336 valence electrons. The highest BCUT2D eigenvalue weighted by molar-refractivity contribution is 5.93. The van der Waals surface area contributed by atoms with E-state index in [-0.39, 0.29) is 56.2 Å². The Labute approximate surface area is 354 Å². The lowest BCUT2D eigenvalue weighted by Crippen LogP contribution is -2.60. The summed E-state index contributed by atoms with van der Waals surface area (Å²) in [4.78, 5) is 0. The van der Waals surface area contributed by atoms with Crippen molar-refractivity contribution in [2.75, 3.05) is 13.2 Å². The standard InChI is InChI=1S/C42H42O21/c43-12-26-31(51)34(54)36(56)41(61-26)59-23-11-22(50)29(30-28-21(49)8-17(46)9-24(28)58-39(33(30)53)15-3-6-19(47)20(48)7-15)40-18(23)10-25(38(63-40)14-1-4-16(45)5-2-14)60-42-37(57)35(55)32(52)27(13-44)62-42/h1-11,26-27,30-37,39,41-44,51-57H,12-13H2,(H5-,45,46,47,48,49,50)/p+1. The van der Waals surface area contributed by atoms with Gasteiger partial charge in [-0.3, -0.25) is 0 Å². The van der Waals surface area contributed by atoms with Gasteiger partial charge >= 0.3 is 11.3 Å². The van der Waals surface area contributed by atoms with Crippen molar-refractivity contribution in [1.82, 2.24) is 0 Å². The number of hydrogen-bond acceptors (Lipinski definition) is 20. The van der Waals surface area contributed by atoms with Crippen LogP contribution in [0, 0.1) is 0 Å². The Morgan fingerprint density at radius 3 is 1.70 bits per heavy atom. The minimum atomic E-state index is -1.98. The Morgan fingerprint density at radius 1 is 0.524 bits per heavy atom. The molecule has 1 aromatic heterocycles. The van der Waals surface area contributed by atoms with Crippen LogP contribution in [-0.2, 0) is 9.47 Å². The van der Waals surface area contributed by atoms with E-state index in [1.807, 2.05) is 0 Å². The van der Waals surface area contributed by atoms with Crippen molar-refractivity contribution in [3.05, 3.63) is 83.4 Å². The van der Waals surface area contributed by atoms with Gasteiger partial charge in [0.25, 0.3) is 0 Å². The number of aliphatic hydroxyl groups excluding tert-OH is 9. The van der Waals surface area contributed by atoms with Gasteiger partial charge in [0.1, 0.15) is 100 Å². The molecule has 13 unspecified atom stereocenters. The highest BCUT2D eigenvalue weighted by Gasteiger charge is 2.50. The van der Waals surface area contributed by atoms with Crippen molar-refractivity contribution in [3.63, 3.8) is 0 Å². The second-order valence-corrected chi connectivity index (χ2v) is 15.3. The monoisotopic (exact) mass is 883 g/mol. The molecule has 0 saturated carbocycles. The first kappa shape index (κ1) is 43.7. The van der Waals surface area contributed by atoms with Crippen LogP contribution in [0.15, 0.2) is 71.1 Å². The van der Waals surface area contributed by atoms with Crippen LogP contribution in [0.2, 0.25) is 0 Å². The lowest BCUT2D eigenvalue weighted by atomic mass is 9.78. The maximum atomic E-state index is 12.3. The topological polar surface area (TPSA) is 361 Å². The highest BCUT2D eigenvalue weighted by Crippen LogP contribution is 2.55. The molecule has 0 amide bonds. The summed E-state index contributed by atoms with van der Waals surface area (Å²) in [5.74, 6) is -5.94. The Bertz CT molecular complexity index is 2480. The SMILES string of the molecule is OCC1OC(Oc2cc3c(OC4OC(CO)C(O)C(O)C4O)cc(O)c(C4c5c(O)cc(O)cc5OC(c5ccc(O)c(O)c5)C4O)c3[o+]c2-c2ccc(O)cc2)C(O)C(O)C1O. The molecule has 0 aliphatic carbocycles. The Balaban J connectivity index is 1.39. The fourth-order valence-electron chi connectivity index (χ4n) is 7.99. The number of phenolic OH excluding ortho intramolecular Hbond substituents is 6. The summed E-state index contributed by atoms with van der Waals surface area (Å²) >= 11 is 0. The van der Waals surface area contributed by atoms with Crippen LogP contribution in [0.5, 0.6) is 51.7 Å². The van der Waals surface area contributed by atoms with E-state index in [2.05, 4.69) is 0 Å². The number of benzene rings is 4. The number of rotatable bonds is 9. The maximum absolute atomic E-state index is 12.3. The smallest absolute Gasteiger partial charge is 0.402 e. The Hall–Kier alpha value is -5.95. The maximum Gasteiger partial charge on any atom is 0.402 e. The van der Waals surface area contributed by atoms with Crippen LogP contribution in [0.3, 0.4) is 0 Å². The molecule has 13 atom stereocenters. The van der Waals surface area contributed by atoms with Crippen LogP contribution >= 0.6 is 0 Å². The lowest BCUT2D eigenvalue weighted by Gasteiger charge is -2.40. The molecule has 3 aliphatic heterocycles. The molecule has 15 N–H and O–H groups in total. The van der Waals surface area contributed by atoms with Crippen LogP contribution in [0.4, 0.5) is 0 Å². The van der Waals surface area contributed by atoms with Gasteiger partial charge in [-0.05, 0) is 42.0 Å². The first-order valence-corrected chi connectivity index (χ1v) is 19.3. The molecule has 21 nitrogen and oxygen atoms in total. The zero-order valence-corrected chi connectivity index (χ0v) is 32.4. The molecule has 2 saturated heterocycles. The molecule has 5 aromatic rings. The van der Waals surface area contributed by atoms with Gasteiger partial charge in [-0.25, -0.2) is 4.42 Å². The third-order valence-corrected chi connectivity index (χ3v) is 11.3. The molecular weight excluding hydrogens is 840 g/mol. The van der Waals surface area contributed by atoms with Gasteiger partial charge in [0.05, 0.1) is 24.7 Å². The number of phenols is 6. The number of aliphatic hydroxyl groups is 9. The molecule has 0 spiro atoms. The number of aromatic hydroxyl groups is 6. The first-order chi connectivity index (χ1) is 30.0. The Kier molecular flexibility index (Phi) is 11.8. The average molecular weight is 884 g/mol. The highest BCUT2D eigenvalue weighted by atomic mass is 16.7. The number of fused-ring (bicyclic) bond motifs is 2. The van der Waals surface area contributed by atoms with Crippen molar-refractivity contribution in [2.24, 2.45) is 0 Å². The van der Waals surface area contributed by atoms with Crippen molar-refractivity contribution in [1.29, 1.82) is 0 Å². The van der Waals surface area contributed by atoms with Crippen LogP contribution in [-0.4, -0.2) is 157 Å². The van der Waals surface area contributed by atoms with Gasteiger partial charge in [-0.2, -0.15) is 0 Å². The van der Waals surface area contributed by atoms with Crippen molar-refractivity contribution in [2.45, 2.75) is 79.5 Å². The normalized spacial score (nSPS) is 30.7. The summed E-state index contributed by atoms with van der Waals surface area (Å²) < 4.78 is 36.0. The van der Waals surface area contributed by atoms with E-state index < -0.39 is 127 Å². The third kappa shape index (κ3) is 7.78. The molecule has 0 bridgehead atoms. The quantitative estimate of drug-likeness (QED) is 0.0661. The number of hydrogen-bond donors (Lipinski definition) is 15. The summed E-state index contributed by atoms with van der Waals surface area (Å²) in [6, 6.07) is 13.0. The van der Waals surface area contributed by atoms with Crippen molar-refractivity contribution >= 4 is 11.0 Å². The zero-order valence-electron chi connectivity index (χ0n) is 32.4.